The molecule has 0 bridgehead atoms. The van der Waals surface area contributed by atoms with Gasteiger partial charge in [0.05, 0.1) is 0 Å². The standard InChI is InChI=1S/C6H9Br/c7-6-4-2-1-3-5-6/h4H,1-3,5H2/i1D2,2D2,3D2,5D2. The maximum absolute atomic E-state index is 7.44. The molecule has 1 aliphatic carbocycles. The summed E-state index contributed by atoms with van der Waals surface area (Å²) in [5.74, 6) is 0. The molecule has 1 rings (SSSR count). The van der Waals surface area contributed by atoms with Gasteiger partial charge in [0, 0.05) is 11.0 Å². The minimum absolute atomic E-state index is 0.305. The molecule has 0 aromatic heterocycles. The van der Waals surface area contributed by atoms with Crippen molar-refractivity contribution in [3.8, 4) is 0 Å². The van der Waals surface area contributed by atoms with Crippen LogP contribution in [0.3, 0.4) is 0 Å². The van der Waals surface area contributed by atoms with Crippen molar-refractivity contribution in [2.24, 2.45) is 0 Å². The van der Waals surface area contributed by atoms with Gasteiger partial charge in [-0.05, 0) is 30.0 Å². The van der Waals surface area contributed by atoms with E-state index in [1.165, 1.54) is 0 Å². The molecule has 0 nitrogen and oxygen atoms in total. The van der Waals surface area contributed by atoms with E-state index in [1.807, 2.05) is 0 Å². The van der Waals surface area contributed by atoms with E-state index < -0.39 is 25.5 Å². The number of hydrogen-bond donors (Lipinski definition) is 0. The molecule has 0 aromatic carbocycles. The molecule has 0 aliphatic heterocycles. The van der Waals surface area contributed by atoms with Crippen molar-refractivity contribution >= 4 is 15.9 Å². The van der Waals surface area contributed by atoms with E-state index in [0.29, 0.717) is 0 Å². The third kappa shape index (κ3) is 1.64. The topological polar surface area (TPSA) is 0 Å². The van der Waals surface area contributed by atoms with Gasteiger partial charge < -0.3 is 0 Å². The Morgan fingerprint density at radius 2 is 2.57 bits per heavy atom. The van der Waals surface area contributed by atoms with E-state index >= 15 is 0 Å². The summed E-state index contributed by atoms with van der Waals surface area (Å²) in [6, 6.07) is 0. The fourth-order valence-corrected chi connectivity index (χ4v) is 0.476. The highest BCUT2D eigenvalue weighted by atomic mass is 79.9. The van der Waals surface area contributed by atoms with Crippen LogP contribution in [0.5, 0.6) is 0 Å². The highest BCUT2D eigenvalue weighted by Crippen LogP contribution is 2.21. The van der Waals surface area contributed by atoms with Crippen LogP contribution < -0.4 is 0 Å². The lowest BCUT2D eigenvalue weighted by molar-refractivity contribution is 0.725. The quantitative estimate of drug-likeness (QED) is 0.523. The fourth-order valence-electron chi connectivity index (χ4n) is 0.263. The molecule has 0 atom stereocenters. The second-order valence-electron chi connectivity index (χ2n) is 1.01. The predicted octanol–water partition coefficient (Wildman–Crippen LogP) is 2.84. The van der Waals surface area contributed by atoms with Crippen molar-refractivity contribution in [1.82, 2.24) is 0 Å². The molecule has 0 heterocycles. The van der Waals surface area contributed by atoms with Crippen molar-refractivity contribution in [1.29, 1.82) is 0 Å². The molecule has 0 radical (unpaired) electrons. The molecule has 0 fully saturated rings. The van der Waals surface area contributed by atoms with E-state index in [2.05, 4.69) is 15.9 Å². The molecule has 0 saturated carbocycles. The fraction of sp³-hybridized carbons (Fsp3) is 0.667. The maximum atomic E-state index is 7.44. The first-order valence-electron chi connectivity index (χ1n) is 5.77. The molecule has 0 aromatic rings. The zero-order chi connectivity index (χ0) is 12.3. The van der Waals surface area contributed by atoms with Crippen molar-refractivity contribution in [2.75, 3.05) is 0 Å². The Balaban J connectivity index is 3.49. The van der Waals surface area contributed by atoms with Crippen molar-refractivity contribution in [2.45, 2.75) is 25.5 Å². The first-order chi connectivity index (χ1) is 6.38. The zero-order valence-electron chi connectivity index (χ0n) is 11.5. The lowest BCUT2D eigenvalue weighted by Crippen LogP contribution is -1.82. The van der Waals surface area contributed by atoms with Gasteiger partial charge in [-0.15, -0.1) is 0 Å². The van der Waals surface area contributed by atoms with Gasteiger partial charge in [0.25, 0.3) is 0 Å². The van der Waals surface area contributed by atoms with Gasteiger partial charge in [-0.2, -0.15) is 0 Å². The number of allylic oxidation sites excluding steroid dienone is 2. The molecule has 0 N–H and O–H groups in total. The molecule has 1 heteroatoms. The van der Waals surface area contributed by atoms with Gasteiger partial charge in [0.15, 0.2) is 0 Å². The highest BCUT2D eigenvalue weighted by molar-refractivity contribution is 9.11. The Morgan fingerprint density at radius 1 is 1.71 bits per heavy atom. The third-order valence-corrected chi connectivity index (χ3v) is 0.943. The maximum Gasteiger partial charge on any atom is 0.0321 e. The van der Waals surface area contributed by atoms with Crippen molar-refractivity contribution in [3.05, 3.63) is 10.6 Å². The van der Waals surface area contributed by atoms with Crippen LogP contribution in [0.2, 0.25) is 0 Å². The van der Waals surface area contributed by atoms with Crippen LogP contribution in [0.25, 0.3) is 0 Å². The van der Waals surface area contributed by atoms with Crippen molar-refractivity contribution in [3.63, 3.8) is 0 Å². The van der Waals surface area contributed by atoms with Gasteiger partial charge >= 0.3 is 0 Å². The molecule has 0 amide bonds. The molecule has 7 heavy (non-hydrogen) atoms. The number of rotatable bonds is 0. The Kier molecular flexibility index (Phi) is 0.432. The van der Waals surface area contributed by atoms with Crippen LogP contribution in [0, 0.1) is 0 Å². The van der Waals surface area contributed by atoms with Gasteiger partial charge in [0.2, 0.25) is 0 Å². The summed E-state index contributed by atoms with van der Waals surface area (Å²) in [5.41, 5.74) is 0. The summed E-state index contributed by atoms with van der Waals surface area (Å²) in [5, 5.41) is 0. The predicted molar refractivity (Wildman–Crippen MR) is 35.5 cm³/mol. The summed E-state index contributed by atoms with van der Waals surface area (Å²) < 4.78 is 58.9. The third-order valence-electron chi connectivity index (χ3n) is 0.515. The van der Waals surface area contributed by atoms with Gasteiger partial charge in [-0.25, -0.2) is 0 Å². The van der Waals surface area contributed by atoms with Gasteiger partial charge in [0.1, 0.15) is 0 Å². The van der Waals surface area contributed by atoms with Crippen LogP contribution in [-0.4, -0.2) is 0 Å². The first kappa shape index (κ1) is 1.21. The van der Waals surface area contributed by atoms with E-state index in [0.717, 1.165) is 6.08 Å². The average molecular weight is 169 g/mol. The molecule has 0 spiro atoms. The Bertz CT molecular complexity index is 317. The summed E-state index contributed by atoms with van der Waals surface area (Å²) in [6.07, 6.45) is -10.3. The first-order valence-corrected chi connectivity index (χ1v) is 2.56. The molecule has 0 saturated heterocycles. The molecule has 0 unspecified atom stereocenters. The SMILES string of the molecule is [2H]C1([2H])C=C(Br)C([2H])([2H])C([2H])([2H])C1([2H])[2H]. The van der Waals surface area contributed by atoms with E-state index in [9.17, 15) is 0 Å². The summed E-state index contributed by atoms with van der Waals surface area (Å²) in [4.78, 5) is 0. The molecular formula is C6H9Br. The minimum atomic E-state index is -2.95. The Morgan fingerprint density at radius 3 is 3.43 bits per heavy atom. The lowest BCUT2D eigenvalue weighted by atomic mass is 10.1. The molecule has 40 valence electrons. The Hall–Kier alpha value is 0.220. The lowest BCUT2D eigenvalue weighted by Gasteiger charge is -2.03. The summed E-state index contributed by atoms with van der Waals surface area (Å²) >= 11 is 2.75. The minimum Gasteiger partial charge on any atom is -0.0744 e. The van der Waals surface area contributed by atoms with E-state index in [-0.39, 0.29) is 4.48 Å². The number of halogens is 1. The van der Waals surface area contributed by atoms with Crippen LogP contribution in [0.15, 0.2) is 10.6 Å². The van der Waals surface area contributed by atoms with Crippen LogP contribution in [-0.2, 0) is 0 Å². The largest absolute Gasteiger partial charge is 0.0744 e. The Labute approximate surface area is 64.0 Å². The van der Waals surface area contributed by atoms with Crippen LogP contribution in [0.1, 0.15) is 36.5 Å². The van der Waals surface area contributed by atoms with Crippen LogP contribution in [0.4, 0.5) is 0 Å². The van der Waals surface area contributed by atoms with Crippen LogP contribution >= 0.6 is 15.9 Å². The zero-order valence-corrected chi connectivity index (χ0v) is 5.04. The smallest absolute Gasteiger partial charge is 0.0321 e. The summed E-state index contributed by atoms with van der Waals surface area (Å²) in [6.45, 7) is 0. The van der Waals surface area contributed by atoms with E-state index in [4.69, 9.17) is 11.0 Å². The monoisotopic (exact) mass is 168 g/mol. The summed E-state index contributed by atoms with van der Waals surface area (Å²) in [7, 11) is 0. The normalized spacial score (nSPS) is 67.3. The highest BCUT2D eigenvalue weighted by Gasteiger charge is 1.96. The second kappa shape index (κ2) is 2.51. The second-order valence-corrected chi connectivity index (χ2v) is 1.87. The van der Waals surface area contributed by atoms with E-state index in [1.54, 1.807) is 0 Å². The van der Waals surface area contributed by atoms with Crippen molar-refractivity contribution < 1.29 is 11.0 Å². The van der Waals surface area contributed by atoms with Gasteiger partial charge in [-0.3, -0.25) is 0 Å². The molecular weight excluding hydrogens is 152 g/mol. The number of hydrogen-bond acceptors (Lipinski definition) is 0. The average Bonchev–Trinajstić information content (AvgIpc) is 2.00. The van der Waals surface area contributed by atoms with Gasteiger partial charge in [-0.1, -0.05) is 22.0 Å². The molecule has 1 aliphatic rings.